The van der Waals surface area contributed by atoms with Gasteiger partial charge in [0.15, 0.2) is 0 Å². The minimum Gasteiger partial charge on any atom is -0.327 e. The predicted octanol–water partition coefficient (Wildman–Crippen LogP) is 4.68. The summed E-state index contributed by atoms with van der Waals surface area (Å²) < 4.78 is 14.0. The molecular formula is C19H17Cl2FN2O2. The molecule has 4 nitrogen and oxygen atoms in total. The van der Waals surface area contributed by atoms with Crippen LogP contribution in [0.1, 0.15) is 28.8 Å². The van der Waals surface area contributed by atoms with Crippen molar-refractivity contribution in [3.05, 3.63) is 63.4 Å². The smallest absolute Gasteiger partial charge is 0.256 e. The van der Waals surface area contributed by atoms with E-state index in [1.807, 2.05) is 0 Å². The molecule has 26 heavy (non-hydrogen) atoms. The SMILES string of the molecule is Cc1ccc(NC(=O)C2CCCN2C(=O)c2cc(Cl)ccc2Cl)c(F)c1. The Bertz CT molecular complexity index is 873. The van der Waals surface area contributed by atoms with Crippen molar-refractivity contribution in [1.82, 2.24) is 4.90 Å². The van der Waals surface area contributed by atoms with Crippen molar-refractivity contribution < 1.29 is 14.0 Å². The van der Waals surface area contributed by atoms with Crippen LogP contribution >= 0.6 is 23.2 Å². The van der Waals surface area contributed by atoms with E-state index in [9.17, 15) is 14.0 Å². The van der Waals surface area contributed by atoms with Crippen LogP contribution in [0.5, 0.6) is 0 Å². The van der Waals surface area contributed by atoms with E-state index in [4.69, 9.17) is 23.2 Å². The fourth-order valence-electron chi connectivity index (χ4n) is 3.04. The Labute approximate surface area is 160 Å². The monoisotopic (exact) mass is 394 g/mol. The third-order valence-corrected chi connectivity index (χ3v) is 4.92. The van der Waals surface area contributed by atoms with Gasteiger partial charge in [-0.05, 0) is 55.7 Å². The van der Waals surface area contributed by atoms with Crippen LogP contribution in [-0.4, -0.2) is 29.3 Å². The molecule has 0 saturated carbocycles. The number of hydrogen-bond acceptors (Lipinski definition) is 2. The lowest BCUT2D eigenvalue weighted by Gasteiger charge is -2.24. The molecule has 0 aliphatic carbocycles. The highest BCUT2D eigenvalue weighted by molar-refractivity contribution is 6.35. The normalized spacial score (nSPS) is 16.6. The van der Waals surface area contributed by atoms with Gasteiger partial charge in [0.1, 0.15) is 11.9 Å². The van der Waals surface area contributed by atoms with Gasteiger partial charge >= 0.3 is 0 Å². The Balaban J connectivity index is 1.80. The van der Waals surface area contributed by atoms with E-state index in [-0.39, 0.29) is 22.2 Å². The second kappa shape index (κ2) is 7.64. The van der Waals surface area contributed by atoms with Gasteiger partial charge in [-0.1, -0.05) is 29.3 Å². The van der Waals surface area contributed by atoms with Crippen molar-refractivity contribution >= 4 is 40.7 Å². The van der Waals surface area contributed by atoms with Gasteiger partial charge in [-0.2, -0.15) is 0 Å². The Morgan fingerprint density at radius 2 is 1.96 bits per heavy atom. The molecule has 3 rings (SSSR count). The molecule has 1 N–H and O–H groups in total. The standard InChI is InChI=1S/C19H17Cl2FN2O2/c1-11-4-7-16(15(22)9-11)23-18(25)17-3-2-8-24(17)19(26)13-10-12(20)5-6-14(13)21/h4-7,9-10,17H,2-3,8H2,1H3,(H,23,25). The summed E-state index contributed by atoms with van der Waals surface area (Å²) >= 11 is 12.1. The van der Waals surface area contributed by atoms with Crippen LogP contribution in [0.25, 0.3) is 0 Å². The minimum absolute atomic E-state index is 0.0979. The lowest BCUT2D eigenvalue weighted by atomic mass is 10.1. The first-order chi connectivity index (χ1) is 12.4. The molecule has 1 unspecified atom stereocenters. The molecule has 1 fully saturated rings. The van der Waals surface area contributed by atoms with E-state index < -0.39 is 17.8 Å². The maximum absolute atomic E-state index is 14.0. The second-order valence-electron chi connectivity index (χ2n) is 6.25. The van der Waals surface area contributed by atoms with Crippen LogP contribution in [0.2, 0.25) is 10.0 Å². The number of aryl methyl sites for hydroxylation is 1. The fraction of sp³-hybridized carbons (Fsp3) is 0.263. The van der Waals surface area contributed by atoms with Gasteiger partial charge in [-0.3, -0.25) is 9.59 Å². The molecule has 1 aliphatic heterocycles. The van der Waals surface area contributed by atoms with Crippen LogP contribution < -0.4 is 5.32 Å². The van der Waals surface area contributed by atoms with E-state index >= 15 is 0 Å². The summed E-state index contributed by atoms with van der Waals surface area (Å²) in [5.74, 6) is -1.29. The average Bonchev–Trinajstić information content (AvgIpc) is 3.08. The van der Waals surface area contributed by atoms with Crippen molar-refractivity contribution in [1.29, 1.82) is 0 Å². The molecule has 1 atom stereocenters. The molecule has 2 amide bonds. The van der Waals surface area contributed by atoms with Gasteiger partial charge in [0.05, 0.1) is 16.3 Å². The predicted molar refractivity (Wildman–Crippen MR) is 100 cm³/mol. The van der Waals surface area contributed by atoms with Crippen LogP contribution in [0.3, 0.4) is 0 Å². The number of nitrogens with one attached hydrogen (secondary N) is 1. The number of benzene rings is 2. The van der Waals surface area contributed by atoms with E-state index in [1.54, 1.807) is 25.1 Å². The van der Waals surface area contributed by atoms with E-state index in [0.717, 1.165) is 5.56 Å². The number of likely N-dealkylation sites (tertiary alicyclic amines) is 1. The number of carbonyl (C=O) groups excluding carboxylic acids is 2. The van der Waals surface area contributed by atoms with E-state index in [1.165, 1.54) is 23.1 Å². The van der Waals surface area contributed by atoms with Crippen molar-refractivity contribution in [3.8, 4) is 0 Å². The summed E-state index contributed by atoms with van der Waals surface area (Å²) in [6, 6.07) is 8.51. The number of rotatable bonds is 3. The summed E-state index contributed by atoms with van der Waals surface area (Å²) in [5, 5.41) is 3.24. The number of carbonyl (C=O) groups is 2. The van der Waals surface area contributed by atoms with Gasteiger partial charge in [-0.25, -0.2) is 4.39 Å². The van der Waals surface area contributed by atoms with Crippen LogP contribution in [0, 0.1) is 12.7 Å². The lowest BCUT2D eigenvalue weighted by molar-refractivity contribution is -0.119. The molecule has 0 spiro atoms. The third-order valence-electron chi connectivity index (χ3n) is 4.36. The molecule has 0 aromatic heterocycles. The number of nitrogens with zero attached hydrogens (tertiary/aromatic N) is 1. The average molecular weight is 395 g/mol. The lowest BCUT2D eigenvalue weighted by Crippen LogP contribution is -2.43. The zero-order chi connectivity index (χ0) is 18.8. The van der Waals surface area contributed by atoms with Crippen molar-refractivity contribution in [2.45, 2.75) is 25.8 Å². The number of hydrogen-bond donors (Lipinski definition) is 1. The van der Waals surface area contributed by atoms with E-state index in [2.05, 4.69) is 5.32 Å². The number of anilines is 1. The second-order valence-corrected chi connectivity index (χ2v) is 7.10. The number of halogens is 3. The molecule has 0 bridgehead atoms. The highest BCUT2D eigenvalue weighted by atomic mass is 35.5. The third kappa shape index (κ3) is 3.84. The number of amides is 2. The first-order valence-electron chi connectivity index (χ1n) is 8.20. The van der Waals surface area contributed by atoms with Crippen LogP contribution in [-0.2, 0) is 4.79 Å². The Morgan fingerprint density at radius 3 is 2.69 bits per heavy atom. The van der Waals surface area contributed by atoms with E-state index in [0.29, 0.717) is 24.4 Å². The van der Waals surface area contributed by atoms with Gasteiger partial charge in [0, 0.05) is 11.6 Å². The summed E-state index contributed by atoms with van der Waals surface area (Å²) in [4.78, 5) is 26.9. The van der Waals surface area contributed by atoms with Crippen molar-refractivity contribution in [2.75, 3.05) is 11.9 Å². The summed E-state index contributed by atoms with van der Waals surface area (Å²) in [7, 11) is 0. The van der Waals surface area contributed by atoms with Crippen LogP contribution in [0.15, 0.2) is 36.4 Å². The first-order valence-corrected chi connectivity index (χ1v) is 8.95. The highest BCUT2D eigenvalue weighted by Crippen LogP contribution is 2.27. The molecule has 7 heteroatoms. The van der Waals surface area contributed by atoms with Gasteiger partial charge in [0.25, 0.3) is 5.91 Å². The van der Waals surface area contributed by atoms with Gasteiger partial charge in [0.2, 0.25) is 5.91 Å². The fourth-order valence-corrected chi connectivity index (χ4v) is 3.41. The van der Waals surface area contributed by atoms with Crippen LogP contribution in [0.4, 0.5) is 10.1 Å². The first kappa shape index (κ1) is 18.7. The van der Waals surface area contributed by atoms with Crippen molar-refractivity contribution in [3.63, 3.8) is 0 Å². The summed E-state index contributed by atoms with van der Waals surface area (Å²) in [6.07, 6.45) is 1.18. The molecule has 0 radical (unpaired) electrons. The zero-order valence-corrected chi connectivity index (χ0v) is 15.6. The zero-order valence-electron chi connectivity index (χ0n) is 14.1. The summed E-state index contributed by atoms with van der Waals surface area (Å²) in [5.41, 5.74) is 1.11. The molecule has 2 aromatic carbocycles. The Kier molecular flexibility index (Phi) is 5.49. The topological polar surface area (TPSA) is 49.4 Å². The summed E-state index contributed by atoms with van der Waals surface area (Å²) in [6.45, 7) is 2.19. The maximum atomic E-state index is 14.0. The van der Waals surface area contributed by atoms with Crippen molar-refractivity contribution in [2.24, 2.45) is 0 Å². The quantitative estimate of drug-likeness (QED) is 0.820. The Hall–Kier alpha value is -2.11. The molecule has 1 aliphatic rings. The molecule has 136 valence electrons. The largest absolute Gasteiger partial charge is 0.327 e. The minimum atomic E-state index is -0.682. The molecule has 2 aromatic rings. The highest BCUT2D eigenvalue weighted by Gasteiger charge is 2.35. The van der Waals surface area contributed by atoms with Gasteiger partial charge in [-0.15, -0.1) is 0 Å². The Morgan fingerprint density at radius 1 is 1.19 bits per heavy atom. The maximum Gasteiger partial charge on any atom is 0.256 e. The van der Waals surface area contributed by atoms with Gasteiger partial charge < -0.3 is 10.2 Å². The molecule has 1 saturated heterocycles. The molecular weight excluding hydrogens is 378 g/mol. The molecule has 1 heterocycles.